The predicted molar refractivity (Wildman–Crippen MR) is 102 cm³/mol. The molecule has 0 spiro atoms. The van der Waals surface area contributed by atoms with Crippen LogP contribution in [0.15, 0.2) is 29.5 Å². The van der Waals surface area contributed by atoms with Crippen molar-refractivity contribution < 1.29 is 24.0 Å². The lowest BCUT2D eigenvalue weighted by Crippen LogP contribution is -2.46. The van der Waals surface area contributed by atoms with Crippen LogP contribution in [0.25, 0.3) is 0 Å². The van der Waals surface area contributed by atoms with Gasteiger partial charge in [0.15, 0.2) is 5.75 Å². The molecule has 1 aliphatic heterocycles. The van der Waals surface area contributed by atoms with E-state index in [0.29, 0.717) is 24.1 Å². The van der Waals surface area contributed by atoms with Gasteiger partial charge in [0.25, 0.3) is 0 Å². The van der Waals surface area contributed by atoms with Crippen molar-refractivity contribution in [3.8, 4) is 5.75 Å². The molecule has 0 fully saturated rings. The highest BCUT2D eigenvalue weighted by Gasteiger charge is 2.35. The number of carbonyl (C=O) groups excluding carboxylic acids is 2. The van der Waals surface area contributed by atoms with Crippen molar-refractivity contribution in [2.75, 3.05) is 6.61 Å². The van der Waals surface area contributed by atoms with Crippen LogP contribution in [0.1, 0.15) is 52.1 Å². The molecular formula is C19H25N3O6. The lowest BCUT2D eigenvalue weighted by molar-refractivity contribution is -0.385. The molecule has 0 bridgehead atoms. The van der Waals surface area contributed by atoms with Crippen LogP contribution in [0.2, 0.25) is 0 Å². The third-order valence-corrected chi connectivity index (χ3v) is 4.03. The summed E-state index contributed by atoms with van der Waals surface area (Å²) in [5.74, 6) is -0.451. The number of urea groups is 1. The molecule has 1 aromatic rings. The van der Waals surface area contributed by atoms with Gasteiger partial charge in [-0.1, -0.05) is 19.4 Å². The lowest BCUT2D eigenvalue weighted by atomic mass is 9.93. The summed E-state index contributed by atoms with van der Waals surface area (Å²) in [6.45, 7) is 7.37. The first-order chi connectivity index (χ1) is 13.3. The number of rotatable bonds is 8. The van der Waals surface area contributed by atoms with Gasteiger partial charge in [-0.2, -0.15) is 0 Å². The molecule has 0 radical (unpaired) electrons. The second kappa shape index (κ2) is 9.20. The molecule has 152 valence electrons. The number of hydrogen-bond donors (Lipinski definition) is 2. The van der Waals surface area contributed by atoms with Gasteiger partial charge in [-0.3, -0.25) is 10.1 Å². The van der Waals surface area contributed by atoms with E-state index >= 15 is 0 Å². The molecule has 2 amide bonds. The van der Waals surface area contributed by atoms with Crippen molar-refractivity contribution in [3.05, 3.63) is 45.1 Å². The van der Waals surface area contributed by atoms with Crippen molar-refractivity contribution in [2.24, 2.45) is 0 Å². The Morgan fingerprint density at radius 1 is 1.32 bits per heavy atom. The summed E-state index contributed by atoms with van der Waals surface area (Å²) in [4.78, 5) is 35.8. The Balaban J connectivity index is 2.57. The van der Waals surface area contributed by atoms with Gasteiger partial charge in [0.1, 0.15) is 0 Å². The Morgan fingerprint density at radius 2 is 2.04 bits per heavy atom. The fraction of sp³-hybridized carbons (Fsp3) is 0.474. The van der Waals surface area contributed by atoms with Crippen LogP contribution in [0.4, 0.5) is 10.5 Å². The molecule has 1 heterocycles. The van der Waals surface area contributed by atoms with E-state index in [9.17, 15) is 19.7 Å². The first-order valence-electron chi connectivity index (χ1n) is 9.21. The van der Waals surface area contributed by atoms with E-state index in [-0.39, 0.29) is 29.7 Å². The summed E-state index contributed by atoms with van der Waals surface area (Å²) in [6.07, 6.45) is 0.811. The van der Waals surface area contributed by atoms with Gasteiger partial charge >= 0.3 is 17.7 Å². The fourth-order valence-electron chi connectivity index (χ4n) is 2.97. The van der Waals surface area contributed by atoms with E-state index in [0.717, 1.165) is 0 Å². The molecule has 0 aromatic heterocycles. The minimum absolute atomic E-state index is 0.126. The quantitative estimate of drug-likeness (QED) is 0.398. The SMILES string of the molecule is CCCC1=C(C(=O)OC(C)C)C(c2ccc(OCC)c([N+](=O)[O-])c2)NC(=O)N1. The maximum atomic E-state index is 12.7. The monoisotopic (exact) mass is 391 g/mol. The number of nitrogens with zero attached hydrogens (tertiary/aromatic N) is 1. The number of nitro benzene ring substituents is 1. The zero-order valence-corrected chi connectivity index (χ0v) is 16.4. The van der Waals surface area contributed by atoms with Crippen LogP contribution in [-0.4, -0.2) is 29.6 Å². The van der Waals surface area contributed by atoms with Crippen molar-refractivity contribution in [3.63, 3.8) is 0 Å². The van der Waals surface area contributed by atoms with Gasteiger partial charge < -0.3 is 20.1 Å². The van der Waals surface area contributed by atoms with Gasteiger partial charge in [-0.05, 0) is 38.8 Å². The van der Waals surface area contributed by atoms with Crippen LogP contribution < -0.4 is 15.4 Å². The fourth-order valence-corrected chi connectivity index (χ4v) is 2.97. The first-order valence-corrected chi connectivity index (χ1v) is 9.21. The molecule has 1 atom stereocenters. The largest absolute Gasteiger partial charge is 0.487 e. The maximum Gasteiger partial charge on any atom is 0.338 e. The average molecular weight is 391 g/mol. The molecule has 1 unspecified atom stereocenters. The second-order valence-corrected chi connectivity index (χ2v) is 6.55. The van der Waals surface area contributed by atoms with Gasteiger partial charge in [0, 0.05) is 11.8 Å². The molecule has 2 rings (SSSR count). The summed E-state index contributed by atoms with van der Waals surface area (Å²) < 4.78 is 10.6. The van der Waals surface area contributed by atoms with Crippen LogP contribution in [-0.2, 0) is 9.53 Å². The smallest absolute Gasteiger partial charge is 0.338 e. The summed E-state index contributed by atoms with van der Waals surface area (Å²) in [5.41, 5.74) is 0.863. The van der Waals surface area contributed by atoms with Gasteiger partial charge in [-0.25, -0.2) is 9.59 Å². The number of esters is 1. The number of allylic oxidation sites excluding steroid dienone is 1. The zero-order valence-electron chi connectivity index (χ0n) is 16.4. The number of benzene rings is 1. The summed E-state index contributed by atoms with van der Waals surface area (Å²) in [7, 11) is 0. The lowest BCUT2D eigenvalue weighted by Gasteiger charge is -2.29. The standard InChI is InChI=1S/C19H25N3O6/c1-5-7-13-16(18(23)28-11(3)4)17(21-19(24)20-13)12-8-9-15(27-6-2)14(10-12)22(25)26/h8-11,17H,5-7H2,1-4H3,(H2,20,21,24). The van der Waals surface area contributed by atoms with E-state index in [1.54, 1.807) is 26.8 Å². The molecule has 0 saturated heterocycles. The third-order valence-electron chi connectivity index (χ3n) is 4.03. The normalized spacial score (nSPS) is 16.5. The summed E-state index contributed by atoms with van der Waals surface area (Å²) in [6, 6.07) is 3.03. The number of ether oxygens (including phenoxy) is 2. The average Bonchev–Trinajstić information content (AvgIpc) is 2.61. The van der Waals surface area contributed by atoms with E-state index in [1.807, 2.05) is 6.92 Å². The van der Waals surface area contributed by atoms with Crippen LogP contribution in [0.5, 0.6) is 5.75 Å². The van der Waals surface area contributed by atoms with E-state index in [2.05, 4.69) is 10.6 Å². The molecule has 9 heteroatoms. The van der Waals surface area contributed by atoms with Crippen LogP contribution in [0.3, 0.4) is 0 Å². The summed E-state index contributed by atoms with van der Waals surface area (Å²) in [5, 5.41) is 16.8. The highest BCUT2D eigenvalue weighted by molar-refractivity contribution is 5.95. The Kier molecular flexibility index (Phi) is 6.97. The second-order valence-electron chi connectivity index (χ2n) is 6.55. The molecular weight excluding hydrogens is 366 g/mol. The Bertz CT molecular complexity index is 803. The predicted octanol–water partition coefficient (Wildman–Crippen LogP) is 3.35. The molecule has 1 aromatic carbocycles. The van der Waals surface area contributed by atoms with Gasteiger partial charge in [-0.15, -0.1) is 0 Å². The number of hydrogen-bond acceptors (Lipinski definition) is 6. The molecule has 9 nitrogen and oxygen atoms in total. The third kappa shape index (κ3) is 4.79. The Labute approximate surface area is 163 Å². The van der Waals surface area contributed by atoms with Crippen LogP contribution in [0, 0.1) is 10.1 Å². The van der Waals surface area contributed by atoms with Crippen molar-refractivity contribution in [2.45, 2.75) is 52.7 Å². The molecule has 0 saturated carbocycles. The molecule has 0 aliphatic carbocycles. The molecule has 2 N–H and O–H groups in total. The van der Waals surface area contributed by atoms with Gasteiger partial charge in [0.2, 0.25) is 0 Å². The highest BCUT2D eigenvalue weighted by atomic mass is 16.6. The van der Waals surface area contributed by atoms with E-state index < -0.39 is 23.0 Å². The minimum Gasteiger partial charge on any atom is -0.487 e. The number of carbonyl (C=O) groups is 2. The maximum absolute atomic E-state index is 12.7. The van der Waals surface area contributed by atoms with E-state index in [4.69, 9.17) is 9.47 Å². The van der Waals surface area contributed by atoms with Crippen molar-refractivity contribution in [1.82, 2.24) is 10.6 Å². The topological polar surface area (TPSA) is 120 Å². The zero-order chi connectivity index (χ0) is 20.8. The highest BCUT2D eigenvalue weighted by Crippen LogP contribution is 2.35. The van der Waals surface area contributed by atoms with Gasteiger partial charge in [0.05, 0.1) is 29.2 Å². The van der Waals surface area contributed by atoms with E-state index in [1.165, 1.54) is 12.1 Å². The Hall–Kier alpha value is -3.10. The molecule has 1 aliphatic rings. The minimum atomic E-state index is -0.865. The van der Waals surface area contributed by atoms with Crippen molar-refractivity contribution in [1.29, 1.82) is 0 Å². The Morgan fingerprint density at radius 3 is 2.61 bits per heavy atom. The number of amides is 2. The molecule has 28 heavy (non-hydrogen) atoms. The van der Waals surface area contributed by atoms with Crippen LogP contribution >= 0.6 is 0 Å². The number of nitrogens with one attached hydrogen (secondary N) is 2. The van der Waals surface area contributed by atoms with Crippen molar-refractivity contribution >= 4 is 17.7 Å². The number of nitro groups is 1. The summed E-state index contributed by atoms with van der Waals surface area (Å²) >= 11 is 0. The first kappa shape index (κ1) is 21.2.